The number of nitrogen functional groups attached to an aromatic ring is 2. The van der Waals surface area contributed by atoms with Gasteiger partial charge in [0.2, 0.25) is 0 Å². The molecule has 0 aliphatic heterocycles. The first kappa shape index (κ1) is 22.9. The van der Waals surface area contributed by atoms with E-state index in [-0.39, 0.29) is 42.3 Å². The van der Waals surface area contributed by atoms with Crippen LogP contribution < -0.4 is 16.4 Å². The summed E-state index contributed by atoms with van der Waals surface area (Å²) >= 11 is 0. The van der Waals surface area contributed by atoms with Crippen molar-refractivity contribution in [3.05, 3.63) is 66.0 Å². The molecule has 0 bridgehead atoms. The molecule has 0 spiro atoms. The van der Waals surface area contributed by atoms with Gasteiger partial charge in [-0.25, -0.2) is 28.8 Å². The van der Waals surface area contributed by atoms with Gasteiger partial charge in [-0.15, -0.1) is 0 Å². The zero-order valence-electron chi connectivity index (χ0n) is 18.8. The number of benzene rings is 1. The number of hydrogen-bond acceptors (Lipinski definition) is 8. The summed E-state index contributed by atoms with van der Waals surface area (Å²) in [5.74, 6) is -0.198. The van der Waals surface area contributed by atoms with E-state index in [4.69, 9.17) is 16.2 Å². The maximum absolute atomic E-state index is 14.2. The third kappa shape index (κ3) is 4.72. The number of amides is 1. The molecule has 4 aromatic rings. The zero-order chi connectivity index (χ0) is 24.2. The van der Waals surface area contributed by atoms with Gasteiger partial charge in [0.05, 0.1) is 18.3 Å². The molecule has 0 aliphatic carbocycles. The van der Waals surface area contributed by atoms with Gasteiger partial charge in [-0.1, -0.05) is 18.2 Å². The smallest absolute Gasteiger partial charge is 0.414 e. The molecule has 3 aromatic heterocycles. The zero-order valence-corrected chi connectivity index (χ0v) is 18.8. The number of fused-ring (bicyclic) bond motifs is 1. The topological polar surface area (TPSA) is 138 Å². The van der Waals surface area contributed by atoms with Crippen LogP contribution in [0.1, 0.15) is 25.1 Å². The number of carbonyl (C=O) groups is 1. The van der Waals surface area contributed by atoms with E-state index in [0.29, 0.717) is 23.3 Å². The molecule has 176 valence electrons. The number of pyridine rings is 1. The van der Waals surface area contributed by atoms with Crippen molar-refractivity contribution < 1.29 is 13.9 Å². The average molecular weight is 465 g/mol. The van der Waals surface area contributed by atoms with E-state index >= 15 is 0 Å². The summed E-state index contributed by atoms with van der Waals surface area (Å²) in [6.07, 6.45) is 2.22. The fourth-order valence-corrected chi connectivity index (χ4v) is 3.62. The number of nitrogens with two attached hydrogens (primary N) is 2. The molecule has 34 heavy (non-hydrogen) atoms. The predicted molar refractivity (Wildman–Crippen MR) is 127 cm³/mol. The van der Waals surface area contributed by atoms with Crippen LogP contribution in [0.2, 0.25) is 0 Å². The van der Waals surface area contributed by atoms with Gasteiger partial charge in [0.25, 0.3) is 0 Å². The van der Waals surface area contributed by atoms with E-state index in [1.54, 1.807) is 49.0 Å². The highest BCUT2D eigenvalue weighted by atomic mass is 19.1. The number of hydrogen-bond donors (Lipinski definition) is 2. The number of anilines is 3. The van der Waals surface area contributed by atoms with Gasteiger partial charge in [-0.2, -0.15) is 5.10 Å². The molecule has 3 heterocycles. The molecule has 10 nitrogen and oxygen atoms in total. The van der Waals surface area contributed by atoms with Crippen LogP contribution in [-0.4, -0.2) is 43.5 Å². The monoisotopic (exact) mass is 464 g/mol. The second-order valence-corrected chi connectivity index (χ2v) is 7.90. The maximum Gasteiger partial charge on any atom is 0.414 e. The largest absolute Gasteiger partial charge is 0.446 e. The Labute approximate surface area is 195 Å². The van der Waals surface area contributed by atoms with Crippen LogP contribution >= 0.6 is 0 Å². The van der Waals surface area contributed by atoms with Crippen LogP contribution in [0, 0.1) is 5.82 Å². The van der Waals surface area contributed by atoms with Crippen molar-refractivity contribution >= 4 is 34.4 Å². The molecular formula is C23H25FN8O2. The van der Waals surface area contributed by atoms with Crippen LogP contribution in [0.5, 0.6) is 0 Å². The van der Waals surface area contributed by atoms with Crippen LogP contribution in [0.25, 0.3) is 11.0 Å². The second-order valence-electron chi connectivity index (χ2n) is 7.90. The Morgan fingerprint density at radius 2 is 1.85 bits per heavy atom. The SMILES string of the molecule is CC(C)OC(=O)N(CCc1nn(Cc2ccccc2F)c2ncccc12)c1c(N)ncnc1N. The lowest BCUT2D eigenvalue weighted by Crippen LogP contribution is -2.36. The van der Waals surface area contributed by atoms with Crippen molar-refractivity contribution in [2.45, 2.75) is 32.9 Å². The van der Waals surface area contributed by atoms with Gasteiger partial charge in [0, 0.05) is 30.1 Å². The lowest BCUT2D eigenvalue weighted by molar-refractivity contribution is 0.122. The summed E-state index contributed by atoms with van der Waals surface area (Å²) in [6.45, 7) is 3.85. The number of aromatic nitrogens is 5. The molecule has 0 aliphatic rings. The predicted octanol–water partition coefficient (Wildman–Crippen LogP) is 3.17. The lowest BCUT2D eigenvalue weighted by atomic mass is 10.2. The third-order valence-electron chi connectivity index (χ3n) is 5.14. The number of carbonyl (C=O) groups excluding carboxylic acids is 1. The molecule has 1 aromatic carbocycles. The molecule has 0 unspecified atom stereocenters. The number of halogens is 1. The van der Waals surface area contributed by atoms with E-state index in [9.17, 15) is 9.18 Å². The van der Waals surface area contributed by atoms with Gasteiger partial charge in [0.15, 0.2) is 17.3 Å². The van der Waals surface area contributed by atoms with E-state index in [2.05, 4.69) is 20.1 Å². The normalized spacial score (nSPS) is 11.2. The van der Waals surface area contributed by atoms with E-state index in [1.807, 2.05) is 6.07 Å². The molecule has 4 N–H and O–H groups in total. The molecule has 0 saturated carbocycles. The van der Waals surface area contributed by atoms with E-state index in [0.717, 1.165) is 5.39 Å². The molecular weight excluding hydrogens is 439 g/mol. The Kier molecular flexibility index (Phi) is 6.53. The van der Waals surface area contributed by atoms with Crippen molar-refractivity contribution in [1.29, 1.82) is 0 Å². The van der Waals surface area contributed by atoms with Gasteiger partial charge < -0.3 is 16.2 Å². The first-order valence-corrected chi connectivity index (χ1v) is 10.7. The highest BCUT2D eigenvalue weighted by molar-refractivity contribution is 5.94. The number of nitrogens with zero attached hydrogens (tertiary/aromatic N) is 6. The minimum Gasteiger partial charge on any atom is -0.446 e. The Hall–Kier alpha value is -4.28. The molecule has 0 saturated heterocycles. The summed E-state index contributed by atoms with van der Waals surface area (Å²) in [7, 11) is 0. The van der Waals surface area contributed by atoms with Crippen LogP contribution in [0.15, 0.2) is 48.9 Å². The van der Waals surface area contributed by atoms with Crippen molar-refractivity contribution in [1.82, 2.24) is 24.7 Å². The lowest BCUT2D eigenvalue weighted by Gasteiger charge is -2.24. The molecule has 0 radical (unpaired) electrons. The first-order chi connectivity index (χ1) is 16.3. The number of ether oxygens (including phenoxy) is 1. The van der Waals surface area contributed by atoms with Crippen LogP contribution in [0.4, 0.5) is 26.5 Å². The summed E-state index contributed by atoms with van der Waals surface area (Å²) < 4.78 is 21.3. The average Bonchev–Trinajstić information content (AvgIpc) is 3.14. The quantitative estimate of drug-likeness (QED) is 0.425. The van der Waals surface area contributed by atoms with Gasteiger partial charge >= 0.3 is 6.09 Å². The molecule has 0 atom stereocenters. The fourth-order valence-electron chi connectivity index (χ4n) is 3.62. The van der Waals surface area contributed by atoms with Crippen molar-refractivity contribution in [3.8, 4) is 0 Å². The molecule has 0 fully saturated rings. The molecule has 4 rings (SSSR count). The highest BCUT2D eigenvalue weighted by Gasteiger charge is 2.25. The van der Waals surface area contributed by atoms with Crippen molar-refractivity contribution in [3.63, 3.8) is 0 Å². The second kappa shape index (κ2) is 9.69. The van der Waals surface area contributed by atoms with Crippen molar-refractivity contribution in [2.75, 3.05) is 22.9 Å². The van der Waals surface area contributed by atoms with E-state index in [1.165, 1.54) is 17.3 Å². The summed E-state index contributed by atoms with van der Waals surface area (Å²) in [4.78, 5) is 26.5. The summed E-state index contributed by atoms with van der Waals surface area (Å²) in [5, 5.41) is 5.46. The number of rotatable bonds is 7. The minimum absolute atomic E-state index is 0.0600. The van der Waals surface area contributed by atoms with Crippen LogP contribution in [-0.2, 0) is 17.7 Å². The highest BCUT2D eigenvalue weighted by Crippen LogP contribution is 2.28. The Morgan fingerprint density at radius 3 is 2.56 bits per heavy atom. The standard InChI is InChI=1S/C23H25FN8O2/c1-14(2)34-23(33)31(19-20(25)28-13-29-21(19)26)11-9-18-16-7-5-10-27-22(16)32(30-18)12-15-6-3-4-8-17(15)24/h3-8,10,13-14H,9,11-12H2,1-2H3,(H4,25,26,28,29). The summed E-state index contributed by atoms with van der Waals surface area (Å²) in [5.41, 5.74) is 14.0. The Bertz CT molecular complexity index is 1300. The Morgan fingerprint density at radius 1 is 1.12 bits per heavy atom. The van der Waals surface area contributed by atoms with Gasteiger partial charge in [-0.3, -0.25) is 4.90 Å². The molecule has 1 amide bonds. The minimum atomic E-state index is -0.628. The van der Waals surface area contributed by atoms with Gasteiger partial charge in [0.1, 0.15) is 17.8 Å². The summed E-state index contributed by atoms with van der Waals surface area (Å²) in [6, 6.07) is 10.2. The third-order valence-corrected chi connectivity index (χ3v) is 5.14. The van der Waals surface area contributed by atoms with Crippen molar-refractivity contribution in [2.24, 2.45) is 0 Å². The first-order valence-electron chi connectivity index (χ1n) is 10.7. The Balaban J connectivity index is 1.66. The molecule has 11 heteroatoms. The van der Waals surface area contributed by atoms with E-state index < -0.39 is 6.09 Å². The fraction of sp³-hybridized carbons (Fsp3) is 0.261. The van der Waals surface area contributed by atoms with Gasteiger partial charge in [-0.05, 0) is 32.0 Å². The van der Waals surface area contributed by atoms with Crippen LogP contribution in [0.3, 0.4) is 0 Å². The maximum atomic E-state index is 14.2.